The Kier molecular flexibility index (Phi) is 7.14. The van der Waals surface area contributed by atoms with E-state index in [-0.39, 0.29) is 36.7 Å². The molecule has 1 rings (SSSR count). The fourth-order valence-corrected chi connectivity index (χ4v) is 2.11. The summed E-state index contributed by atoms with van der Waals surface area (Å²) >= 11 is 0. The molecule has 0 aromatic heterocycles. The minimum atomic E-state index is -0.543. The van der Waals surface area contributed by atoms with Crippen LogP contribution in [0.3, 0.4) is 0 Å². The van der Waals surface area contributed by atoms with Gasteiger partial charge >= 0.3 is 5.97 Å². The summed E-state index contributed by atoms with van der Waals surface area (Å²) in [5.74, 6) is -0.973. The Morgan fingerprint density at radius 3 is 2.42 bits per heavy atom. The van der Waals surface area contributed by atoms with Crippen molar-refractivity contribution >= 4 is 17.7 Å². The second-order valence-electron chi connectivity index (χ2n) is 6.69. The zero-order chi connectivity index (χ0) is 18.3. The molecule has 0 saturated heterocycles. The maximum absolute atomic E-state index is 12.2. The van der Waals surface area contributed by atoms with E-state index in [1.165, 1.54) is 0 Å². The first-order valence-electron chi connectivity index (χ1n) is 8.21. The van der Waals surface area contributed by atoms with Crippen molar-refractivity contribution < 1.29 is 19.1 Å². The van der Waals surface area contributed by atoms with Crippen molar-refractivity contribution in [3.05, 3.63) is 34.9 Å². The molecular formula is C19H27NO4. The third-order valence-electron chi connectivity index (χ3n) is 3.98. The SMILES string of the molecule is CCC(C)(C)NC(=O)COC(=O)CCC(=O)c1cc(C)ccc1C. The largest absolute Gasteiger partial charge is 0.456 e. The lowest BCUT2D eigenvalue weighted by atomic mass is 9.99. The molecule has 0 aliphatic heterocycles. The van der Waals surface area contributed by atoms with Gasteiger partial charge in [-0.3, -0.25) is 14.4 Å². The van der Waals surface area contributed by atoms with Crippen molar-refractivity contribution in [2.24, 2.45) is 0 Å². The number of esters is 1. The minimum absolute atomic E-state index is 0.0311. The average molecular weight is 333 g/mol. The highest BCUT2D eigenvalue weighted by atomic mass is 16.5. The Bertz CT molecular complexity index is 620. The van der Waals surface area contributed by atoms with Gasteiger partial charge in [0.25, 0.3) is 5.91 Å². The highest BCUT2D eigenvalue weighted by Gasteiger charge is 2.19. The molecule has 132 valence electrons. The first-order chi connectivity index (χ1) is 11.1. The van der Waals surface area contributed by atoms with Crippen LogP contribution in [0.4, 0.5) is 0 Å². The maximum atomic E-state index is 12.2. The number of aryl methyl sites for hydroxylation is 2. The second-order valence-corrected chi connectivity index (χ2v) is 6.69. The number of carbonyl (C=O) groups is 3. The zero-order valence-electron chi connectivity index (χ0n) is 15.2. The summed E-state index contributed by atoms with van der Waals surface area (Å²) in [5.41, 5.74) is 2.19. The summed E-state index contributed by atoms with van der Waals surface area (Å²) in [7, 11) is 0. The van der Waals surface area contributed by atoms with Gasteiger partial charge in [-0.05, 0) is 45.7 Å². The topological polar surface area (TPSA) is 72.5 Å². The van der Waals surface area contributed by atoms with Crippen LogP contribution in [0.15, 0.2) is 18.2 Å². The van der Waals surface area contributed by atoms with Crippen LogP contribution in [0.1, 0.15) is 61.5 Å². The van der Waals surface area contributed by atoms with E-state index < -0.39 is 5.97 Å². The Labute approximate surface area is 143 Å². The lowest BCUT2D eigenvalue weighted by Gasteiger charge is -2.24. The summed E-state index contributed by atoms with van der Waals surface area (Å²) in [5, 5.41) is 2.78. The van der Waals surface area contributed by atoms with Gasteiger partial charge in [0, 0.05) is 17.5 Å². The number of ether oxygens (including phenoxy) is 1. The highest BCUT2D eigenvalue weighted by Crippen LogP contribution is 2.14. The number of nitrogens with one attached hydrogen (secondary N) is 1. The number of ketones is 1. The molecule has 1 N–H and O–H groups in total. The lowest BCUT2D eigenvalue weighted by Crippen LogP contribution is -2.44. The number of carbonyl (C=O) groups excluding carboxylic acids is 3. The Morgan fingerprint density at radius 2 is 1.79 bits per heavy atom. The molecule has 0 fully saturated rings. The van der Waals surface area contributed by atoms with Gasteiger partial charge in [-0.2, -0.15) is 0 Å². The van der Waals surface area contributed by atoms with E-state index in [1.807, 2.05) is 52.8 Å². The van der Waals surface area contributed by atoms with Gasteiger partial charge in [0.2, 0.25) is 0 Å². The molecule has 0 bridgehead atoms. The van der Waals surface area contributed by atoms with Crippen LogP contribution in [0.2, 0.25) is 0 Å². The molecule has 1 aromatic rings. The van der Waals surface area contributed by atoms with E-state index in [1.54, 1.807) is 0 Å². The quantitative estimate of drug-likeness (QED) is 0.586. The van der Waals surface area contributed by atoms with E-state index in [0.717, 1.165) is 17.5 Å². The summed E-state index contributed by atoms with van der Waals surface area (Å²) in [6, 6.07) is 5.65. The Hall–Kier alpha value is -2.17. The predicted molar refractivity (Wildman–Crippen MR) is 93.0 cm³/mol. The normalized spacial score (nSPS) is 11.0. The monoisotopic (exact) mass is 333 g/mol. The van der Waals surface area contributed by atoms with Crippen LogP contribution in [0.25, 0.3) is 0 Å². The number of hydrogen-bond donors (Lipinski definition) is 1. The number of rotatable bonds is 8. The molecule has 0 aliphatic carbocycles. The van der Waals surface area contributed by atoms with Crippen LogP contribution in [-0.2, 0) is 14.3 Å². The maximum Gasteiger partial charge on any atom is 0.306 e. The second kappa shape index (κ2) is 8.62. The third-order valence-corrected chi connectivity index (χ3v) is 3.98. The van der Waals surface area contributed by atoms with Crippen molar-refractivity contribution in [1.29, 1.82) is 0 Å². The van der Waals surface area contributed by atoms with Gasteiger partial charge in [0.1, 0.15) is 0 Å². The molecule has 0 spiro atoms. The lowest BCUT2D eigenvalue weighted by molar-refractivity contribution is -0.148. The van der Waals surface area contributed by atoms with Gasteiger partial charge in [-0.25, -0.2) is 0 Å². The minimum Gasteiger partial charge on any atom is -0.456 e. The van der Waals surface area contributed by atoms with E-state index >= 15 is 0 Å². The number of benzene rings is 1. The van der Waals surface area contributed by atoms with Crippen molar-refractivity contribution in [2.75, 3.05) is 6.61 Å². The Balaban J connectivity index is 2.42. The van der Waals surface area contributed by atoms with Crippen LogP contribution < -0.4 is 5.32 Å². The number of amides is 1. The molecule has 0 atom stereocenters. The van der Waals surface area contributed by atoms with E-state index in [9.17, 15) is 14.4 Å². The number of hydrogen-bond acceptors (Lipinski definition) is 4. The van der Waals surface area contributed by atoms with Gasteiger partial charge in [0.15, 0.2) is 12.4 Å². The molecule has 1 aromatic carbocycles. The van der Waals surface area contributed by atoms with Crippen LogP contribution in [0, 0.1) is 13.8 Å². The first-order valence-corrected chi connectivity index (χ1v) is 8.21. The standard InChI is InChI=1S/C19H27NO4/c1-6-19(4,5)20-17(22)12-24-18(23)10-9-16(21)15-11-13(2)7-8-14(15)3/h7-8,11H,6,9-10,12H2,1-5H3,(H,20,22). The fourth-order valence-electron chi connectivity index (χ4n) is 2.11. The van der Waals surface area contributed by atoms with Gasteiger partial charge in [0.05, 0.1) is 6.42 Å². The molecule has 1 amide bonds. The van der Waals surface area contributed by atoms with Crippen LogP contribution in [0.5, 0.6) is 0 Å². The number of Topliss-reactive ketones (excluding diaryl/α,β-unsaturated/α-hetero) is 1. The van der Waals surface area contributed by atoms with Crippen molar-refractivity contribution in [2.45, 2.75) is 59.4 Å². The van der Waals surface area contributed by atoms with Crippen molar-refractivity contribution in [3.8, 4) is 0 Å². The smallest absolute Gasteiger partial charge is 0.306 e. The zero-order valence-corrected chi connectivity index (χ0v) is 15.2. The molecule has 0 unspecified atom stereocenters. The van der Waals surface area contributed by atoms with Crippen LogP contribution in [-0.4, -0.2) is 29.8 Å². The van der Waals surface area contributed by atoms with Crippen molar-refractivity contribution in [1.82, 2.24) is 5.32 Å². The van der Waals surface area contributed by atoms with Crippen molar-refractivity contribution in [3.63, 3.8) is 0 Å². The molecular weight excluding hydrogens is 306 g/mol. The average Bonchev–Trinajstić information content (AvgIpc) is 2.52. The van der Waals surface area contributed by atoms with Crippen LogP contribution >= 0.6 is 0 Å². The molecule has 0 radical (unpaired) electrons. The fraction of sp³-hybridized carbons (Fsp3) is 0.526. The molecule has 0 aliphatic rings. The third kappa shape index (κ3) is 6.52. The summed E-state index contributed by atoms with van der Waals surface area (Å²) in [6.07, 6.45) is 0.818. The summed E-state index contributed by atoms with van der Waals surface area (Å²) in [6.45, 7) is 9.22. The highest BCUT2D eigenvalue weighted by molar-refractivity contribution is 5.99. The molecule has 0 heterocycles. The van der Waals surface area contributed by atoms with E-state index in [4.69, 9.17) is 4.74 Å². The summed E-state index contributed by atoms with van der Waals surface area (Å²) < 4.78 is 4.93. The first kappa shape index (κ1) is 19.9. The van der Waals surface area contributed by atoms with Gasteiger partial charge < -0.3 is 10.1 Å². The van der Waals surface area contributed by atoms with E-state index in [0.29, 0.717) is 5.56 Å². The summed E-state index contributed by atoms with van der Waals surface area (Å²) in [4.78, 5) is 35.6. The Morgan fingerprint density at radius 1 is 1.12 bits per heavy atom. The van der Waals surface area contributed by atoms with Gasteiger partial charge in [-0.15, -0.1) is 0 Å². The molecule has 0 saturated carbocycles. The molecule has 5 heteroatoms. The predicted octanol–water partition coefficient (Wildman–Crippen LogP) is 3.11. The van der Waals surface area contributed by atoms with Gasteiger partial charge in [-0.1, -0.05) is 24.6 Å². The van der Waals surface area contributed by atoms with E-state index in [2.05, 4.69) is 5.32 Å². The molecule has 5 nitrogen and oxygen atoms in total. The molecule has 24 heavy (non-hydrogen) atoms.